The molecule has 0 aliphatic rings. The van der Waals surface area contributed by atoms with Gasteiger partial charge in [0.1, 0.15) is 5.82 Å². The lowest BCUT2D eigenvalue weighted by Gasteiger charge is -2.03. The van der Waals surface area contributed by atoms with Gasteiger partial charge in [0.05, 0.1) is 11.4 Å². The van der Waals surface area contributed by atoms with Crippen LogP contribution >= 0.6 is 11.3 Å². The van der Waals surface area contributed by atoms with Gasteiger partial charge in [-0.05, 0) is 38.1 Å². The van der Waals surface area contributed by atoms with Crippen LogP contribution in [0.15, 0.2) is 24.3 Å². The van der Waals surface area contributed by atoms with Gasteiger partial charge >= 0.3 is 0 Å². The highest BCUT2D eigenvalue weighted by molar-refractivity contribution is 7.17. The number of benzene rings is 1. The van der Waals surface area contributed by atoms with Gasteiger partial charge in [-0.3, -0.25) is 4.40 Å². The Morgan fingerprint density at radius 2 is 1.95 bits per heavy atom. The van der Waals surface area contributed by atoms with E-state index in [1.807, 2.05) is 0 Å². The lowest BCUT2D eigenvalue weighted by Crippen LogP contribution is -2.03. The maximum atomic E-state index is 13.0. The van der Waals surface area contributed by atoms with Gasteiger partial charge in [-0.25, -0.2) is 9.37 Å². The maximum Gasteiger partial charge on any atom is 0.194 e. The topological polar surface area (TPSA) is 43.3 Å². The Kier molecular flexibility index (Phi) is 2.88. The predicted molar refractivity (Wildman–Crippen MR) is 75.8 cm³/mol. The molecule has 5 heteroatoms. The van der Waals surface area contributed by atoms with Crippen LogP contribution in [-0.4, -0.2) is 9.38 Å². The Labute approximate surface area is 114 Å². The molecule has 2 N–H and O–H groups in total. The largest absolute Gasteiger partial charge is 0.325 e. The van der Waals surface area contributed by atoms with Crippen molar-refractivity contribution in [3.05, 3.63) is 46.3 Å². The van der Waals surface area contributed by atoms with E-state index in [1.165, 1.54) is 22.7 Å². The molecule has 19 heavy (non-hydrogen) atoms. The Hall–Kier alpha value is -1.72. The molecular formula is C14H14FN3S. The molecule has 3 aromatic rings. The average molecular weight is 275 g/mol. The summed E-state index contributed by atoms with van der Waals surface area (Å²) in [7, 11) is 0. The molecule has 3 nitrogen and oxygen atoms in total. The van der Waals surface area contributed by atoms with Crippen LogP contribution in [0.4, 0.5) is 4.39 Å². The first-order chi connectivity index (χ1) is 9.11. The van der Waals surface area contributed by atoms with Crippen molar-refractivity contribution in [1.82, 2.24) is 9.38 Å². The van der Waals surface area contributed by atoms with E-state index in [1.54, 1.807) is 23.5 Å². The number of nitrogens with two attached hydrogens (primary N) is 1. The normalized spacial score (nSPS) is 11.4. The number of nitrogens with zero attached hydrogens (tertiary/aromatic N) is 2. The number of imidazole rings is 1. The van der Waals surface area contributed by atoms with E-state index in [-0.39, 0.29) is 5.82 Å². The number of hydrogen-bond acceptors (Lipinski definition) is 3. The molecule has 0 radical (unpaired) electrons. The molecule has 0 bridgehead atoms. The fourth-order valence-electron chi connectivity index (χ4n) is 2.24. The summed E-state index contributed by atoms with van der Waals surface area (Å²) in [6, 6.07) is 6.37. The Bertz CT molecular complexity index is 740. The first kappa shape index (κ1) is 12.3. The number of hydrogen-bond donors (Lipinski definition) is 1. The standard InChI is InChI=1S/C14H14FN3S/c1-8-9(2)19-14-17-13(12(7-16)18(8)14)10-3-5-11(15)6-4-10/h3-6H,7,16H2,1-2H3. The van der Waals surface area contributed by atoms with Gasteiger partial charge in [0.15, 0.2) is 4.96 Å². The fraction of sp³-hybridized carbons (Fsp3) is 0.214. The first-order valence-electron chi connectivity index (χ1n) is 6.05. The zero-order valence-corrected chi connectivity index (χ0v) is 11.6. The van der Waals surface area contributed by atoms with Crippen LogP contribution in [0.5, 0.6) is 0 Å². The van der Waals surface area contributed by atoms with E-state index in [9.17, 15) is 4.39 Å². The number of aromatic nitrogens is 2. The minimum absolute atomic E-state index is 0.244. The zero-order valence-electron chi connectivity index (χ0n) is 10.8. The van der Waals surface area contributed by atoms with Crippen molar-refractivity contribution < 1.29 is 4.39 Å². The van der Waals surface area contributed by atoms with Crippen LogP contribution < -0.4 is 5.73 Å². The second kappa shape index (κ2) is 4.43. The summed E-state index contributed by atoms with van der Waals surface area (Å²) in [5, 5.41) is 0. The van der Waals surface area contributed by atoms with Gasteiger partial charge in [-0.2, -0.15) is 0 Å². The monoisotopic (exact) mass is 275 g/mol. The molecule has 0 aliphatic carbocycles. The molecule has 0 saturated heterocycles. The molecule has 98 valence electrons. The Balaban J connectivity index is 2.27. The van der Waals surface area contributed by atoms with Gasteiger partial charge in [0.2, 0.25) is 0 Å². The van der Waals surface area contributed by atoms with Crippen molar-refractivity contribution in [2.24, 2.45) is 5.73 Å². The molecule has 0 atom stereocenters. The van der Waals surface area contributed by atoms with Crippen molar-refractivity contribution in [3.63, 3.8) is 0 Å². The smallest absolute Gasteiger partial charge is 0.194 e. The number of rotatable bonds is 2. The number of fused-ring (bicyclic) bond motifs is 1. The third-order valence-corrected chi connectivity index (χ3v) is 4.40. The highest BCUT2D eigenvalue weighted by Crippen LogP contribution is 2.30. The number of halogens is 1. The minimum Gasteiger partial charge on any atom is -0.325 e. The summed E-state index contributed by atoms with van der Waals surface area (Å²) < 4.78 is 15.1. The Morgan fingerprint density at radius 3 is 2.58 bits per heavy atom. The summed E-state index contributed by atoms with van der Waals surface area (Å²) in [5.41, 5.74) is 9.76. The molecule has 2 aromatic heterocycles. The van der Waals surface area contributed by atoms with Crippen LogP contribution in [0.2, 0.25) is 0 Å². The molecular weight excluding hydrogens is 261 g/mol. The maximum absolute atomic E-state index is 13.0. The van der Waals surface area contributed by atoms with Crippen molar-refractivity contribution in [3.8, 4) is 11.3 Å². The predicted octanol–water partition coefficient (Wildman–Crippen LogP) is 3.28. The quantitative estimate of drug-likeness (QED) is 0.780. The second-order valence-corrected chi connectivity index (χ2v) is 5.66. The van der Waals surface area contributed by atoms with Gasteiger partial charge in [0.25, 0.3) is 0 Å². The molecule has 0 saturated carbocycles. The lowest BCUT2D eigenvalue weighted by molar-refractivity contribution is 0.628. The summed E-state index contributed by atoms with van der Waals surface area (Å²) in [6.07, 6.45) is 0. The van der Waals surface area contributed by atoms with Gasteiger partial charge in [-0.15, -0.1) is 11.3 Å². The molecule has 2 heterocycles. The number of thiazole rings is 1. The molecule has 0 unspecified atom stereocenters. The molecule has 3 rings (SSSR count). The third-order valence-electron chi connectivity index (χ3n) is 3.34. The molecule has 0 amide bonds. The summed E-state index contributed by atoms with van der Waals surface area (Å²) in [4.78, 5) is 6.82. The molecule has 0 aliphatic heterocycles. The van der Waals surface area contributed by atoms with Crippen molar-refractivity contribution >= 4 is 16.3 Å². The van der Waals surface area contributed by atoms with Gasteiger partial charge < -0.3 is 5.73 Å². The van der Waals surface area contributed by atoms with E-state index in [2.05, 4.69) is 23.2 Å². The van der Waals surface area contributed by atoms with E-state index in [0.29, 0.717) is 6.54 Å². The molecule has 1 aromatic carbocycles. The third kappa shape index (κ3) is 1.86. The van der Waals surface area contributed by atoms with Gasteiger partial charge in [-0.1, -0.05) is 0 Å². The van der Waals surface area contributed by atoms with E-state index in [4.69, 9.17) is 5.73 Å². The molecule has 0 spiro atoms. The summed E-state index contributed by atoms with van der Waals surface area (Å²) >= 11 is 1.65. The van der Waals surface area contributed by atoms with Crippen molar-refractivity contribution in [2.45, 2.75) is 20.4 Å². The molecule has 0 fully saturated rings. The number of aryl methyl sites for hydroxylation is 2. The van der Waals surface area contributed by atoms with Crippen LogP contribution in [-0.2, 0) is 6.54 Å². The second-order valence-electron chi connectivity index (χ2n) is 4.48. The fourth-order valence-corrected chi connectivity index (χ4v) is 3.23. The van der Waals surface area contributed by atoms with Crippen molar-refractivity contribution in [2.75, 3.05) is 0 Å². The van der Waals surface area contributed by atoms with Crippen molar-refractivity contribution in [1.29, 1.82) is 0 Å². The lowest BCUT2D eigenvalue weighted by atomic mass is 10.1. The van der Waals surface area contributed by atoms with Crippen LogP contribution in [0.3, 0.4) is 0 Å². The average Bonchev–Trinajstić information content (AvgIpc) is 2.88. The van der Waals surface area contributed by atoms with E-state index >= 15 is 0 Å². The van der Waals surface area contributed by atoms with Crippen LogP contribution in [0.25, 0.3) is 16.2 Å². The Morgan fingerprint density at radius 1 is 1.26 bits per heavy atom. The SMILES string of the molecule is Cc1sc2nc(-c3ccc(F)cc3)c(CN)n2c1C. The van der Waals surface area contributed by atoms with E-state index in [0.717, 1.165) is 21.9 Å². The zero-order chi connectivity index (χ0) is 13.6. The van der Waals surface area contributed by atoms with Crippen LogP contribution in [0.1, 0.15) is 16.3 Å². The highest BCUT2D eigenvalue weighted by Gasteiger charge is 2.17. The summed E-state index contributed by atoms with van der Waals surface area (Å²) in [5.74, 6) is -0.244. The van der Waals surface area contributed by atoms with Gasteiger partial charge in [0, 0.05) is 22.7 Å². The minimum atomic E-state index is -0.244. The summed E-state index contributed by atoms with van der Waals surface area (Å²) in [6.45, 7) is 4.55. The van der Waals surface area contributed by atoms with E-state index < -0.39 is 0 Å². The highest BCUT2D eigenvalue weighted by atomic mass is 32.1. The van der Waals surface area contributed by atoms with Crippen LogP contribution in [0, 0.1) is 19.7 Å². The first-order valence-corrected chi connectivity index (χ1v) is 6.86.